The van der Waals surface area contributed by atoms with Gasteiger partial charge in [-0.3, -0.25) is 9.59 Å². The SMILES string of the molecule is CNC(=O)C(=O)NCC1OCCCN1S(=O)(=O)c1ccc(OC)c(C)c1. The number of carbonyl (C=O) groups excluding carboxylic acids is 2. The van der Waals surface area contributed by atoms with Gasteiger partial charge in [0.2, 0.25) is 10.0 Å². The summed E-state index contributed by atoms with van der Waals surface area (Å²) in [6.07, 6.45) is -0.349. The molecule has 1 aromatic carbocycles. The summed E-state index contributed by atoms with van der Waals surface area (Å²) < 4.78 is 37.9. The molecule has 2 N–H and O–H groups in total. The number of carbonyl (C=O) groups is 2. The van der Waals surface area contributed by atoms with E-state index in [1.54, 1.807) is 13.0 Å². The first kappa shape index (κ1) is 20.1. The average Bonchev–Trinajstić information content (AvgIpc) is 2.65. The average molecular weight is 385 g/mol. The van der Waals surface area contributed by atoms with Crippen LogP contribution >= 0.6 is 0 Å². The zero-order valence-corrected chi connectivity index (χ0v) is 15.8. The molecule has 0 aliphatic carbocycles. The zero-order valence-electron chi connectivity index (χ0n) is 14.9. The quantitative estimate of drug-likeness (QED) is 0.667. The Bertz CT molecular complexity index is 780. The molecule has 0 saturated carbocycles. The van der Waals surface area contributed by atoms with Crippen molar-refractivity contribution in [1.82, 2.24) is 14.9 Å². The fourth-order valence-electron chi connectivity index (χ4n) is 2.62. The van der Waals surface area contributed by atoms with Gasteiger partial charge in [0.1, 0.15) is 12.0 Å². The second-order valence-corrected chi connectivity index (χ2v) is 7.61. The number of amides is 2. The van der Waals surface area contributed by atoms with Crippen molar-refractivity contribution >= 4 is 21.8 Å². The van der Waals surface area contributed by atoms with E-state index >= 15 is 0 Å². The van der Waals surface area contributed by atoms with Crippen LogP contribution in [0.4, 0.5) is 0 Å². The first-order valence-corrected chi connectivity index (χ1v) is 9.53. The maximum absolute atomic E-state index is 13.0. The van der Waals surface area contributed by atoms with Gasteiger partial charge in [-0.05, 0) is 37.1 Å². The van der Waals surface area contributed by atoms with Crippen LogP contribution in [0, 0.1) is 6.92 Å². The summed E-state index contributed by atoms with van der Waals surface area (Å²) in [7, 11) is -0.982. The van der Waals surface area contributed by atoms with E-state index in [2.05, 4.69) is 10.6 Å². The highest BCUT2D eigenvalue weighted by Crippen LogP contribution is 2.26. The lowest BCUT2D eigenvalue weighted by Gasteiger charge is -2.34. The fourth-order valence-corrected chi connectivity index (χ4v) is 4.27. The molecule has 144 valence electrons. The molecule has 1 aliphatic heterocycles. The molecule has 1 fully saturated rings. The largest absolute Gasteiger partial charge is 0.496 e. The number of ether oxygens (including phenoxy) is 2. The Balaban J connectivity index is 2.20. The normalized spacial score (nSPS) is 18.2. The molecular weight excluding hydrogens is 362 g/mol. The van der Waals surface area contributed by atoms with Gasteiger partial charge < -0.3 is 20.1 Å². The van der Waals surface area contributed by atoms with E-state index in [9.17, 15) is 18.0 Å². The molecule has 1 saturated heterocycles. The Morgan fingerprint density at radius 3 is 2.69 bits per heavy atom. The van der Waals surface area contributed by atoms with Crippen molar-refractivity contribution in [3.63, 3.8) is 0 Å². The lowest BCUT2D eigenvalue weighted by Crippen LogP contribution is -2.52. The molecule has 1 aromatic rings. The Kier molecular flexibility index (Phi) is 6.57. The van der Waals surface area contributed by atoms with Crippen LogP contribution in [0.1, 0.15) is 12.0 Å². The van der Waals surface area contributed by atoms with E-state index in [-0.39, 0.29) is 18.0 Å². The van der Waals surface area contributed by atoms with Crippen LogP contribution in [0.15, 0.2) is 23.1 Å². The summed E-state index contributed by atoms with van der Waals surface area (Å²) in [5.74, 6) is -1.06. The summed E-state index contributed by atoms with van der Waals surface area (Å²) in [5.41, 5.74) is 0.691. The van der Waals surface area contributed by atoms with Crippen molar-refractivity contribution in [2.75, 3.05) is 33.9 Å². The Hall–Kier alpha value is -2.17. The van der Waals surface area contributed by atoms with Gasteiger partial charge in [-0.15, -0.1) is 0 Å². The molecule has 1 unspecified atom stereocenters. The molecule has 0 radical (unpaired) electrons. The Morgan fingerprint density at radius 1 is 1.35 bits per heavy atom. The molecule has 1 aliphatic rings. The third kappa shape index (κ3) is 4.32. The summed E-state index contributed by atoms with van der Waals surface area (Å²) in [4.78, 5) is 23.0. The molecule has 9 nitrogen and oxygen atoms in total. The number of methoxy groups -OCH3 is 1. The number of hydrogen-bond acceptors (Lipinski definition) is 6. The first-order valence-electron chi connectivity index (χ1n) is 8.09. The maximum Gasteiger partial charge on any atom is 0.309 e. The van der Waals surface area contributed by atoms with E-state index in [0.717, 1.165) is 0 Å². The number of likely N-dealkylation sites (N-methyl/N-ethyl adjacent to an activating group) is 1. The summed E-state index contributed by atoms with van der Waals surface area (Å²) >= 11 is 0. The van der Waals surface area contributed by atoms with Crippen molar-refractivity contribution in [2.24, 2.45) is 0 Å². The van der Waals surface area contributed by atoms with E-state index in [0.29, 0.717) is 24.3 Å². The lowest BCUT2D eigenvalue weighted by molar-refractivity contribution is -0.139. The van der Waals surface area contributed by atoms with Gasteiger partial charge in [0.05, 0.1) is 25.2 Å². The van der Waals surface area contributed by atoms with Gasteiger partial charge in [0, 0.05) is 13.6 Å². The standard InChI is InChI=1S/C16H23N3O6S/c1-11-9-12(5-6-13(11)24-3)26(22,23)19-7-4-8-25-14(19)10-18-16(21)15(20)17-2/h5-6,9,14H,4,7-8,10H2,1-3H3,(H,17,20)(H,18,21). The van der Waals surface area contributed by atoms with Gasteiger partial charge in [-0.1, -0.05) is 0 Å². The minimum absolute atomic E-state index is 0.115. The second-order valence-electron chi connectivity index (χ2n) is 5.72. The molecule has 0 bridgehead atoms. The van der Waals surface area contributed by atoms with Crippen LogP contribution in [0.3, 0.4) is 0 Å². The van der Waals surface area contributed by atoms with Crippen molar-refractivity contribution in [3.05, 3.63) is 23.8 Å². The van der Waals surface area contributed by atoms with Gasteiger partial charge in [0.15, 0.2) is 0 Å². The number of nitrogens with one attached hydrogen (secondary N) is 2. The van der Waals surface area contributed by atoms with Gasteiger partial charge in [-0.2, -0.15) is 4.31 Å². The predicted molar refractivity (Wildman–Crippen MR) is 93.1 cm³/mol. The molecule has 0 aromatic heterocycles. The minimum atomic E-state index is -3.83. The molecule has 0 spiro atoms. The molecule has 26 heavy (non-hydrogen) atoms. The van der Waals surface area contributed by atoms with Gasteiger partial charge in [-0.25, -0.2) is 8.42 Å². The van der Waals surface area contributed by atoms with Crippen LogP contribution in [0.5, 0.6) is 5.75 Å². The molecular formula is C16H23N3O6S. The lowest BCUT2D eigenvalue weighted by atomic mass is 10.2. The topological polar surface area (TPSA) is 114 Å². The highest BCUT2D eigenvalue weighted by molar-refractivity contribution is 7.89. The molecule has 2 rings (SSSR count). The highest BCUT2D eigenvalue weighted by Gasteiger charge is 2.35. The minimum Gasteiger partial charge on any atom is -0.496 e. The van der Waals surface area contributed by atoms with E-state index in [4.69, 9.17) is 9.47 Å². The molecule has 2 amide bonds. The van der Waals surface area contributed by atoms with Crippen LogP contribution in [-0.4, -0.2) is 64.6 Å². The van der Waals surface area contributed by atoms with E-state index in [1.807, 2.05) is 0 Å². The number of aryl methyl sites for hydroxylation is 1. The number of hydrogen-bond donors (Lipinski definition) is 2. The fraction of sp³-hybridized carbons (Fsp3) is 0.500. The molecule has 1 heterocycles. The third-order valence-electron chi connectivity index (χ3n) is 4.00. The summed E-state index contributed by atoms with van der Waals surface area (Å²) in [6.45, 7) is 2.26. The van der Waals surface area contributed by atoms with Crippen LogP contribution in [-0.2, 0) is 24.3 Å². The Morgan fingerprint density at radius 2 is 2.08 bits per heavy atom. The number of nitrogens with zero attached hydrogens (tertiary/aromatic N) is 1. The van der Waals surface area contributed by atoms with Crippen molar-refractivity contribution in [2.45, 2.75) is 24.5 Å². The van der Waals surface area contributed by atoms with Crippen molar-refractivity contribution in [1.29, 1.82) is 0 Å². The number of rotatable bonds is 5. The first-order chi connectivity index (χ1) is 12.3. The Labute approximate surface area is 152 Å². The third-order valence-corrected chi connectivity index (χ3v) is 5.88. The zero-order chi connectivity index (χ0) is 19.3. The maximum atomic E-state index is 13.0. The van der Waals surface area contributed by atoms with E-state index < -0.39 is 28.1 Å². The number of sulfonamides is 1. The van der Waals surface area contributed by atoms with Crippen LogP contribution < -0.4 is 15.4 Å². The second kappa shape index (κ2) is 8.47. The predicted octanol–water partition coefficient (Wildman–Crippen LogP) is -0.397. The van der Waals surface area contributed by atoms with E-state index in [1.165, 1.54) is 30.6 Å². The van der Waals surface area contributed by atoms with Gasteiger partial charge in [0.25, 0.3) is 0 Å². The van der Waals surface area contributed by atoms with Crippen LogP contribution in [0.25, 0.3) is 0 Å². The van der Waals surface area contributed by atoms with Gasteiger partial charge >= 0.3 is 11.8 Å². The molecule has 10 heteroatoms. The van der Waals surface area contributed by atoms with Crippen molar-refractivity contribution in [3.8, 4) is 5.75 Å². The van der Waals surface area contributed by atoms with Crippen molar-refractivity contribution < 1.29 is 27.5 Å². The monoisotopic (exact) mass is 385 g/mol. The molecule has 1 atom stereocenters. The highest BCUT2D eigenvalue weighted by atomic mass is 32.2. The smallest absolute Gasteiger partial charge is 0.309 e. The summed E-state index contributed by atoms with van der Waals surface area (Å²) in [5, 5.41) is 4.59. The van der Waals surface area contributed by atoms with Crippen LogP contribution in [0.2, 0.25) is 0 Å². The summed E-state index contributed by atoms with van der Waals surface area (Å²) in [6, 6.07) is 4.59. The number of benzene rings is 1.